The average Bonchev–Trinajstić information content (AvgIpc) is 2.57. The lowest BCUT2D eigenvalue weighted by atomic mass is 9.52. The van der Waals surface area contributed by atoms with Crippen molar-refractivity contribution in [3.63, 3.8) is 0 Å². The van der Waals surface area contributed by atoms with Crippen molar-refractivity contribution in [2.75, 3.05) is 13.1 Å². The van der Waals surface area contributed by atoms with Crippen molar-refractivity contribution >= 4 is 0 Å². The van der Waals surface area contributed by atoms with Gasteiger partial charge in [-0.2, -0.15) is 0 Å². The van der Waals surface area contributed by atoms with Crippen LogP contribution in [0.3, 0.4) is 0 Å². The van der Waals surface area contributed by atoms with Gasteiger partial charge in [-0.1, -0.05) is 44.0 Å². The molecule has 2 aliphatic carbocycles. The predicted octanol–water partition coefficient (Wildman–Crippen LogP) is 4.49. The Labute approximate surface area is 135 Å². The van der Waals surface area contributed by atoms with E-state index in [1.165, 1.54) is 57.1 Å². The Morgan fingerprint density at radius 3 is 3.05 bits per heavy atom. The van der Waals surface area contributed by atoms with Gasteiger partial charge in [0.2, 0.25) is 0 Å². The van der Waals surface area contributed by atoms with E-state index in [2.05, 4.69) is 42.7 Å². The predicted molar refractivity (Wildman–Crippen MR) is 93.3 cm³/mol. The quantitative estimate of drug-likeness (QED) is 0.742. The molecule has 0 aromatic heterocycles. The first-order valence-electron chi connectivity index (χ1n) is 9.26. The number of aryl methyl sites for hydroxylation is 1. The van der Waals surface area contributed by atoms with E-state index < -0.39 is 0 Å². The summed E-state index contributed by atoms with van der Waals surface area (Å²) in [6.07, 6.45) is 11.6. The molecule has 1 heterocycles. The molecule has 1 saturated heterocycles. The molecule has 0 spiro atoms. The van der Waals surface area contributed by atoms with Gasteiger partial charge in [-0.3, -0.25) is 4.90 Å². The van der Waals surface area contributed by atoms with Crippen molar-refractivity contribution in [3.8, 4) is 0 Å². The number of piperidine rings is 1. The van der Waals surface area contributed by atoms with Gasteiger partial charge < -0.3 is 0 Å². The number of hydrogen-bond donors (Lipinski definition) is 0. The van der Waals surface area contributed by atoms with E-state index in [9.17, 15) is 0 Å². The summed E-state index contributed by atoms with van der Waals surface area (Å²) < 4.78 is 0. The highest BCUT2D eigenvalue weighted by Gasteiger charge is 2.53. The van der Waals surface area contributed by atoms with Gasteiger partial charge in [0, 0.05) is 18.0 Å². The lowest BCUT2D eigenvalue weighted by molar-refractivity contribution is -0.00510. The Morgan fingerprint density at radius 2 is 2.23 bits per heavy atom. The summed E-state index contributed by atoms with van der Waals surface area (Å²) in [7, 11) is 0. The van der Waals surface area contributed by atoms with Crippen LogP contribution in [0, 0.1) is 5.92 Å². The number of nitrogens with zero attached hydrogens (tertiary/aromatic N) is 1. The van der Waals surface area contributed by atoms with Gasteiger partial charge in [0.15, 0.2) is 0 Å². The van der Waals surface area contributed by atoms with Crippen LogP contribution in [-0.2, 0) is 18.3 Å². The molecule has 4 rings (SSSR count). The molecular formula is C21H29N. The topological polar surface area (TPSA) is 3.24 Å². The molecule has 1 aromatic rings. The minimum absolute atomic E-state index is 0.499. The normalized spacial score (nSPS) is 33.9. The zero-order valence-electron chi connectivity index (χ0n) is 14.0. The molecule has 2 fully saturated rings. The molecule has 1 saturated carbocycles. The summed E-state index contributed by atoms with van der Waals surface area (Å²) in [6, 6.07) is 8.15. The third kappa shape index (κ3) is 2.01. The molecule has 1 aliphatic heterocycles. The molecule has 0 amide bonds. The van der Waals surface area contributed by atoms with Crippen molar-refractivity contribution in [3.05, 3.63) is 47.5 Å². The number of benzene rings is 1. The van der Waals surface area contributed by atoms with E-state index in [4.69, 9.17) is 0 Å². The number of rotatable bonds is 3. The lowest BCUT2D eigenvalue weighted by Gasteiger charge is -2.59. The molecule has 1 aromatic carbocycles. The van der Waals surface area contributed by atoms with E-state index in [1.807, 2.05) is 0 Å². The lowest BCUT2D eigenvalue weighted by Crippen LogP contribution is -2.60. The summed E-state index contributed by atoms with van der Waals surface area (Å²) in [5.41, 5.74) is 5.42. The van der Waals surface area contributed by atoms with Crippen LogP contribution in [0.15, 0.2) is 30.9 Å². The second kappa shape index (κ2) is 5.53. The van der Waals surface area contributed by atoms with Gasteiger partial charge in [0.05, 0.1) is 0 Å². The summed E-state index contributed by atoms with van der Waals surface area (Å²) in [5.74, 6) is 0.884. The van der Waals surface area contributed by atoms with Crippen LogP contribution in [0.2, 0.25) is 0 Å². The Bertz CT molecular complexity index is 575. The zero-order valence-corrected chi connectivity index (χ0v) is 14.0. The average molecular weight is 295 g/mol. The maximum atomic E-state index is 3.99. The Kier molecular flexibility index (Phi) is 3.64. The highest BCUT2D eigenvalue weighted by Crippen LogP contribution is 2.55. The van der Waals surface area contributed by atoms with Crippen LogP contribution in [0.5, 0.6) is 0 Å². The van der Waals surface area contributed by atoms with Crippen LogP contribution in [0.4, 0.5) is 0 Å². The first-order chi connectivity index (χ1) is 10.8. The summed E-state index contributed by atoms with van der Waals surface area (Å²) in [6.45, 7) is 8.61. The first kappa shape index (κ1) is 14.5. The van der Waals surface area contributed by atoms with Crippen molar-refractivity contribution < 1.29 is 0 Å². The standard InChI is InChI=1S/C21H29N/c1-3-12-22-13-11-21-10-6-5-7-18(21)20(22)15-17-9-8-16(4-2)14-19(17)21/h3,8-9,14,18,20H,1,4-7,10-13,15H2,2H3. The number of fused-ring (bicyclic) bond motifs is 1. The molecule has 1 nitrogen and oxygen atoms in total. The van der Waals surface area contributed by atoms with Crippen LogP contribution in [-0.4, -0.2) is 24.0 Å². The van der Waals surface area contributed by atoms with Gasteiger partial charge in [-0.25, -0.2) is 0 Å². The monoisotopic (exact) mass is 295 g/mol. The van der Waals surface area contributed by atoms with Crippen LogP contribution < -0.4 is 0 Å². The smallest absolute Gasteiger partial charge is 0.0176 e. The molecule has 0 radical (unpaired) electrons. The minimum atomic E-state index is 0.499. The number of likely N-dealkylation sites (tertiary alicyclic amines) is 1. The molecule has 3 unspecified atom stereocenters. The Hall–Kier alpha value is -1.08. The fourth-order valence-electron chi connectivity index (χ4n) is 5.74. The van der Waals surface area contributed by atoms with Crippen molar-refractivity contribution in [2.24, 2.45) is 5.92 Å². The van der Waals surface area contributed by atoms with Crippen LogP contribution >= 0.6 is 0 Å². The summed E-state index contributed by atoms with van der Waals surface area (Å²) >= 11 is 0. The molecule has 2 bridgehead atoms. The van der Waals surface area contributed by atoms with Crippen molar-refractivity contribution in [1.29, 1.82) is 0 Å². The van der Waals surface area contributed by atoms with Gasteiger partial charge in [0.25, 0.3) is 0 Å². The SMILES string of the molecule is C=CCN1CCC23CCCCC2C1Cc1ccc(CC)cc13. The molecule has 22 heavy (non-hydrogen) atoms. The van der Waals surface area contributed by atoms with E-state index >= 15 is 0 Å². The Balaban J connectivity index is 1.82. The van der Waals surface area contributed by atoms with Gasteiger partial charge >= 0.3 is 0 Å². The molecule has 3 atom stereocenters. The fourth-order valence-corrected chi connectivity index (χ4v) is 5.74. The maximum Gasteiger partial charge on any atom is 0.0176 e. The van der Waals surface area contributed by atoms with E-state index in [0.29, 0.717) is 5.41 Å². The van der Waals surface area contributed by atoms with Crippen molar-refractivity contribution in [1.82, 2.24) is 4.90 Å². The molecular weight excluding hydrogens is 266 g/mol. The van der Waals surface area contributed by atoms with E-state index in [0.717, 1.165) is 18.5 Å². The first-order valence-corrected chi connectivity index (χ1v) is 9.26. The highest BCUT2D eigenvalue weighted by molar-refractivity contribution is 5.43. The third-order valence-corrected chi connectivity index (χ3v) is 6.79. The zero-order chi connectivity index (χ0) is 15.2. The van der Waals surface area contributed by atoms with Gasteiger partial charge in [0.1, 0.15) is 0 Å². The molecule has 3 aliphatic rings. The van der Waals surface area contributed by atoms with Crippen LogP contribution in [0.25, 0.3) is 0 Å². The van der Waals surface area contributed by atoms with E-state index in [1.54, 1.807) is 11.1 Å². The summed E-state index contributed by atoms with van der Waals surface area (Å²) in [5, 5.41) is 0. The van der Waals surface area contributed by atoms with Gasteiger partial charge in [-0.15, -0.1) is 6.58 Å². The molecule has 118 valence electrons. The largest absolute Gasteiger partial charge is 0.296 e. The van der Waals surface area contributed by atoms with Crippen molar-refractivity contribution in [2.45, 2.75) is 63.3 Å². The summed E-state index contributed by atoms with van der Waals surface area (Å²) in [4.78, 5) is 2.72. The second-order valence-corrected chi connectivity index (χ2v) is 7.66. The van der Waals surface area contributed by atoms with Gasteiger partial charge in [-0.05, 0) is 61.3 Å². The second-order valence-electron chi connectivity index (χ2n) is 7.66. The minimum Gasteiger partial charge on any atom is -0.296 e. The molecule has 0 N–H and O–H groups in total. The van der Waals surface area contributed by atoms with Crippen LogP contribution in [0.1, 0.15) is 55.7 Å². The Morgan fingerprint density at radius 1 is 1.32 bits per heavy atom. The number of hydrogen-bond acceptors (Lipinski definition) is 1. The van der Waals surface area contributed by atoms with E-state index in [-0.39, 0.29) is 0 Å². The third-order valence-electron chi connectivity index (χ3n) is 6.79. The fraction of sp³-hybridized carbons (Fsp3) is 0.619. The highest BCUT2D eigenvalue weighted by atomic mass is 15.2. The maximum absolute atomic E-state index is 3.99. The molecule has 1 heteroatoms.